The van der Waals surface area contributed by atoms with Gasteiger partial charge >= 0.3 is 0 Å². The highest BCUT2D eigenvalue weighted by Crippen LogP contribution is 2.18. The minimum absolute atomic E-state index is 0. The molecule has 1 aromatic carbocycles. The molecule has 2 aromatic rings. The maximum atomic E-state index is 4.81. The van der Waals surface area contributed by atoms with E-state index < -0.39 is 0 Å². The van der Waals surface area contributed by atoms with Crippen molar-refractivity contribution in [3.05, 3.63) is 53.9 Å². The molecule has 22 heavy (non-hydrogen) atoms. The van der Waals surface area contributed by atoms with Crippen LogP contribution in [0.1, 0.15) is 31.0 Å². The third-order valence-corrected chi connectivity index (χ3v) is 3.59. The third kappa shape index (κ3) is 5.32. The summed E-state index contributed by atoms with van der Waals surface area (Å²) in [6.07, 6.45) is 1.56. The van der Waals surface area contributed by atoms with Crippen molar-refractivity contribution in [1.29, 1.82) is 0 Å². The number of hydrogen-bond acceptors (Lipinski definition) is 3. The van der Waals surface area contributed by atoms with Crippen molar-refractivity contribution in [2.24, 2.45) is 4.99 Å². The van der Waals surface area contributed by atoms with Crippen molar-refractivity contribution in [3.8, 4) is 0 Å². The summed E-state index contributed by atoms with van der Waals surface area (Å²) in [6, 6.07) is 12.6. The summed E-state index contributed by atoms with van der Waals surface area (Å²) in [4.78, 5) is 4.24. The lowest BCUT2D eigenvalue weighted by Crippen LogP contribution is -2.43. The Kier molecular flexibility index (Phi) is 7.94. The van der Waals surface area contributed by atoms with Gasteiger partial charge in [-0.25, -0.2) is 0 Å². The minimum Gasteiger partial charge on any atom is -0.364 e. The van der Waals surface area contributed by atoms with Crippen LogP contribution in [0.2, 0.25) is 0 Å². The predicted octanol–water partition coefficient (Wildman–Crippen LogP) is 3.15. The average molecular weight is 414 g/mol. The van der Waals surface area contributed by atoms with Crippen molar-refractivity contribution >= 4 is 29.9 Å². The summed E-state index contributed by atoms with van der Waals surface area (Å²) in [6.45, 7) is 4.95. The van der Waals surface area contributed by atoms with Crippen LogP contribution >= 0.6 is 24.0 Å². The van der Waals surface area contributed by atoms with Gasteiger partial charge < -0.3 is 15.2 Å². The van der Waals surface area contributed by atoms with Crippen LogP contribution in [0, 0.1) is 0 Å². The lowest BCUT2D eigenvalue weighted by atomic mass is 9.94. The van der Waals surface area contributed by atoms with E-state index >= 15 is 0 Å². The molecule has 0 spiro atoms. The van der Waals surface area contributed by atoms with Gasteiger partial charge in [0.15, 0.2) is 5.96 Å². The molecule has 1 heterocycles. The predicted molar refractivity (Wildman–Crippen MR) is 99.6 cm³/mol. The molecule has 0 radical (unpaired) electrons. The summed E-state index contributed by atoms with van der Waals surface area (Å²) < 4.78 is 4.81. The second kappa shape index (κ2) is 9.45. The molecule has 0 bridgehead atoms. The Morgan fingerprint density at radius 2 is 1.95 bits per heavy atom. The average Bonchev–Trinajstić information content (AvgIpc) is 3.04. The molecule has 2 N–H and O–H groups in total. The van der Waals surface area contributed by atoms with E-state index in [0.29, 0.717) is 12.5 Å². The Morgan fingerprint density at radius 1 is 1.23 bits per heavy atom. The molecule has 5 nitrogen and oxygen atoms in total. The normalized spacial score (nSPS) is 13.9. The lowest BCUT2D eigenvalue weighted by molar-refractivity contribution is 0.410. The third-order valence-electron chi connectivity index (χ3n) is 3.59. The highest BCUT2D eigenvalue weighted by molar-refractivity contribution is 14.0. The number of halogens is 1. The van der Waals surface area contributed by atoms with Gasteiger partial charge in [-0.15, -0.1) is 24.0 Å². The maximum absolute atomic E-state index is 4.81. The van der Waals surface area contributed by atoms with Gasteiger partial charge in [-0.2, -0.15) is 0 Å². The van der Waals surface area contributed by atoms with Crippen LogP contribution in [-0.4, -0.2) is 24.2 Å². The molecule has 0 aliphatic carbocycles. The van der Waals surface area contributed by atoms with Crippen molar-refractivity contribution < 1.29 is 4.52 Å². The molecule has 0 saturated carbocycles. The Balaban J connectivity index is 0.00000242. The second-order valence-corrected chi connectivity index (χ2v) is 5.05. The first-order chi connectivity index (χ1) is 10.2. The number of rotatable bonds is 5. The highest BCUT2D eigenvalue weighted by Gasteiger charge is 2.15. The van der Waals surface area contributed by atoms with E-state index in [1.54, 1.807) is 13.3 Å². The number of guanidine groups is 1. The van der Waals surface area contributed by atoms with Crippen LogP contribution in [-0.2, 0) is 6.54 Å². The second-order valence-electron chi connectivity index (χ2n) is 5.05. The molecule has 2 unspecified atom stereocenters. The molecule has 2 atom stereocenters. The highest BCUT2D eigenvalue weighted by atomic mass is 127. The molecule has 0 aliphatic rings. The van der Waals surface area contributed by atoms with E-state index in [1.807, 2.05) is 12.1 Å². The van der Waals surface area contributed by atoms with E-state index in [0.717, 1.165) is 11.7 Å². The Morgan fingerprint density at radius 3 is 2.55 bits per heavy atom. The summed E-state index contributed by atoms with van der Waals surface area (Å²) >= 11 is 0. The van der Waals surface area contributed by atoms with E-state index in [9.17, 15) is 0 Å². The van der Waals surface area contributed by atoms with E-state index in [2.05, 4.69) is 58.9 Å². The fourth-order valence-electron chi connectivity index (χ4n) is 2.08. The van der Waals surface area contributed by atoms with Crippen LogP contribution in [0.3, 0.4) is 0 Å². The quantitative estimate of drug-likeness (QED) is 0.448. The van der Waals surface area contributed by atoms with Crippen molar-refractivity contribution in [2.45, 2.75) is 32.4 Å². The Bertz CT molecular complexity index is 557. The van der Waals surface area contributed by atoms with Gasteiger partial charge in [-0.1, -0.05) is 42.4 Å². The molecular formula is C16H23IN4O. The fourth-order valence-corrected chi connectivity index (χ4v) is 2.08. The van der Waals surface area contributed by atoms with Crippen LogP contribution in [0.5, 0.6) is 0 Å². The standard InChI is InChI=1S/C16H22N4O.HI/c1-12(14-7-5-4-6-8-14)13(2)19-16(17-3)18-11-15-9-10-21-20-15;/h4-10,12-13H,11H2,1-3H3,(H2,17,18,19);1H. The molecule has 6 heteroatoms. The van der Waals surface area contributed by atoms with E-state index in [1.165, 1.54) is 5.56 Å². The molecule has 0 fully saturated rings. The molecular weight excluding hydrogens is 391 g/mol. The largest absolute Gasteiger partial charge is 0.364 e. The fraction of sp³-hybridized carbons (Fsp3) is 0.375. The van der Waals surface area contributed by atoms with Gasteiger partial charge in [0.25, 0.3) is 0 Å². The van der Waals surface area contributed by atoms with Gasteiger partial charge in [0.2, 0.25) is 0 Å². The maximum Gasteiger partial charge on any atom is 0.191 e. The number of aromatic nitrogens is 1. The number of aliphatic imine (C=N–C) groups is 1. The van der Waals surface area contributed by atoms with Gasteiger partial charge in [0.1, 0.15) is 12.0 Å². The van der Waals surface area contributed by atoms with Crippen molar-refractivity contribution in [1.82, 2.24) is 15.8 Å². The van der Waals surface area contributed by atoms with Crippen LogP contribution < -0.4 is 10.6 Å². The molecule has 0 amide bonds. The number of hydrogen-bond donors (Lipinski definition) is 2. The zero-order chi connectivity index (χ0) is 15.1. The number of benzene rings is 1. The molecule has 2 rings (SSSR count). The van der Waals surface area contributed by atoms with Crippen LogP contribution in [0.4, 0.5) is 0 Å². The van der Waals surface area contributed by atoms with Crippen molar-refractivity contribution in [2.75, 3.05) is 7.05 Å². The summed E-state index contributed by atoms with van der Waals surface area (Å²) in [7, 11) is 1.76. The van der Waals surface area contributed by atoms with Crippen LogP contribution in [0.15, 0.2) is 52.2 Å². The zero-order valence-electron chi connectivity index (χ0n) is 13.1. The smallest absolute Gasteiger partial charge is 0.191 e. The van der Waals surface area contributed by atoms with Gasteiger partial charge in [-0.3, -0.25) is 4.99 Å². The SMILES string of the molecule is CN=C(NCc1ccon1)NC(C)C(C)c1ccccc1.I. The molecule has 1 aromatic heterocycles. The first-order valence-electron chi connectivity index (χ1n) is 7.12. The topological polar surface area (TPSA) is 62.5 Å². The first kappa shape index (κ1) is 18.5. The van der Waals surface area contributed by atoms with Gasteiger partial charge in [0, 0.05) is 25.1 Å². The lowest BCUT2D eigenvalue weighted by Gasteiger charge is -2.23. The van der Waals surface area contributed by atoms with Crippen molar-refractivity contribution in [3.63, 3.8) is 0 Å². The van der Waals surface area contributed by atoms with E-state index in [4.69, 9.17) is 4.52 Å². The van der Waals surface area contributed by atoms with E-state index in [-0.39, 0.29) is 30.0 Å². The monoisotopic (exact) mass is 414 g/mol. The Hall–Kier alpha value is -1.57. The number of nitrogens with one attached hydrogen (secondary N) is 2. The van der Waals surface area contributed by atoms with Gasteiger partial charge in [0.05, 0.1) is 6.54 Å². The minimum atomic E-state index is 0. The van der Waals surface area contributed by atoms with Crippen LogP contribution in [0.25, 0.3) is 0 Å². The molecule has 0 saturated heterocycles. The summed E-state index contributed by atoms with van der Waals surface area (Å²) in [5, 5.41) is 10.5. The summed E-state index contributed by atoms with van der Waals surface area (Å²) in [5.41, 5.74) is 2.16. The zero-order valence-corrected chi connectivity index (χ0v) is 15.4. The summed E-state index contributed by atoms with van der Waals surface area (Å²) in [5.74, 6) is 1.14. The first-order valence-corrected chi connectivity index (χ1v) is 7.12. The Labute approximate surface area is 148 Å². The molecule has 120 valence electrons. The van der Waals surface area contributed by atoms with Gasteiger partial charge in [-0.05, 0) is 12.5 Å². The molecule has 0 aliphatic heterocycles. The number of nitrogens with zero attached hydrogens (tertiary/aromatic N) is 2.